The fourth-order valence-electron chi connectivity index (χ4n) is 3.49. The summed E-state index contributed by atoms with van der Waals surface area (Å²) in [7, 11) is 0. The molecule has 120 valence electrons. The van der Waals surface area contributed by atoms with E-state index >= 15 is 0 Å². The molecule has 1 aliphatic carbocycles. The highest BCUT2D eigenvalue weighted by atomic mass is 32.1. The summed E-state index contributed by atoms with van der Waals surface area (Å²) in [5.74, 6) is 1.17. The van der Waals surface area contributed by atoms with Crippen molar-refractivity contribution in [2.45, 2.75) is 31.7 Å². The van der Waals surface area contributed by atoms with Crippen LogP contribution in [0.2, 0.25) is 0 Å². The van der Waals surface area contributed by atoms with E-state index in [-0.39, 0.29) is 0 Å². The van der Waals surface area contributed by atoms with Crippen molar-refractivity contribution in [2.75, 3.05) is 0 Å². The summed E-state index contributed by atoms with van der Waals surface area (Å²) in [5.41, 5.74) is 3.11. The predicted molar refractivity (Wildman–Crippen MR) is 93.8 cm³/mol. The van der Waals surface area contributed by atoms with Crippen LogP contribution in [-0.4, -0.2) is 19.7 Å². The second-order valence-corrected chi connectivity index (χ2v) is 7.14. The maximum atomic E-state index is 5.39. The van der Waals surface area contributed by atoms with Gasteiger partial charge in [0.15, 0.2) is 0 Å². The van der Waals surface area contributed by atoms with Crippen LogP contribution in [0.5, 0.6) is 0 Å². The van der Waals surface area contributed by atoms with Gasteiger partial charge in [-0.2, -0.15) is 4.98 Å². The molecule has 0 N–H and O–H groups in total. The average Bonchev–Trinajstić information content (AvgIpc) is 3.41. The number of imidazole rings is 1. The molecular weight excluding hydrogens is 320 g/mol. The molecule has 0 spiro atoms. The quantitative estimate of drug-likeness (QED) is 0.532. The van der Waals surface area contributed by atoms with Crippen molar-refractivity contribution in [2.24, 2.45) is 0 Å². The van der Waals surface area contributed by atoms with E-state index < -0.39 is 0 Å². The Morgan fingerprint density at radius 2 is 2.08 bits per heavy atom. The van der Waals surface area contributed by atoms with E-state index in [0.29, 0.717) is 17.8 Å². The summed E-state index contributed by atoms with van der Waals surface area (Å²) in [6.07, 6.45) is 7.11. The fourth-order valence-corrected chi connectivity index (χ4v) is 4.13. The molecule has 5 nitrogen and oxygen atoms in total. The van der Waals surface area contributed by atoms with E-state index in [2.05, 4.69) is 31.8 Å². The van der Waals surface area contributed by atoms with E-state index in [1.54, 1.807) is 11.3 Å². The van der Waals surface area contributed by atoms with Crippen LogP contribution in [0, 0.1) is 0 Å². The highest BCUT2D eigenvalue weighted by Gasteiger charge is 2.19. The third kappa shape index (κ3) is 2.26. The second-order valence-electron chi connectivity index (χ2n) is 6.19. The lowest BCUT2D eigenvalue weighted by molar-refractivity contribution is 0.433. The van der Waals surface area contributed by atoms with Crippen LogP contribution in [0.25, 0.3) is 33.2 Å². The molecule has 3 aromatic heterocycles. The van der Waals surface area contributed by atoms with Gasteiger partial charge in [0.05, 0.1) is 22.2 Å². The molecule has 1 saturated carbocycles. The Bertz CT molecular complexity index is 980. The molecule has 24 heavy (non-hydrogen) atoms. The monoisotopic (exact) mass is 336 g/mol. The highest BCUT2D eigenvalue weighted by molar-refractivity contribution is 7.13. The van der Waals surface area contributed by atoms with Gasteiger partial charge < -0.3 is 9.09 Å². The Balaban J connectivity index is 1.52. The van der Waals surface area contributed by atoms with Gasteiger partial charge in [-0.3, -0.25) is 0 Å². The normalized spacial score (nSPS) is 15.5. The van der Waals surface area contributed by atoms with Gasteiger partial charge in [0, 0.05) is 11.6 Å². The first-order valence-electron chi connectivity index (χ1n) is 8.23. The lowest BCUT2D eigenvalue weighted by atomic mass is 10.1. The van der Waals surface area contributed by atoms with Gasteiger partial charge in [-0.15, -0.1) is 11.3 Å². The van der Waals surface area contributed by atoms with Crippen molar-refractivity contribution in [3.05, 3.63) is 42.0 Å². The molecule has 0 radical (unpaired) electrons. The third-order valence-corrected chi connectivity index (χ3v) is 5.57. The predicted octanol–water partition coefficient (Wildman–Crippen LogP) is 4.93. The zero-order chi connectivity index (χ0) is 15.9. The maximum Gasteiger partial charge on any atom is 0.268 e. The summed E-state index contributed by atoms with van der Waals surface area (Å²) in [5, 5.41) is 6.12. The first-order chi connectivity index (χ1) is 11.9. The molecule has 0 atom stereocenters. The second kappa shape index (κ2) is 5.56. The number of rotatable bonds is 3. The van der Waals surface area contributed by atoms with Crippen LogP contribution in [0.15, 0.2) is 46.6 Å². The fraction of sp³-hybridized carbons (Fsp3) is 0.278. The Morgan fingerprint density at radius 3 is 2.92 bits per heavy atom. The van der Waals surface area contributed by atoms with Crippen LogP contribution >= 0.6 is 11.3 Å². The minimum absolute atomic E-state index is 0.566. The van der Waals surface area contributed by atoms with Crippen molar-refractivity contribution in [3.63, 3.8) is 0 Å². The standard InChI is InChI=1S/C18H16N4OS/c1-2-5-13(4-1)22-11-19-14-10-12(7-8-15(14)22)17-20-18(23-21-17)16-6-3-9-24-16/h3,6-11,13H,1-2,4-5H2. The van der Waals surface area contributed by atoms with Gasteiger partial charge in [-0.25, -0.2) is 4.98 Å². The van der Waals surface area contributed by atoms with Gasteiger partial charge in [0.2, 0.25) is 5.82 Å². The number of thiophene rings is 1. The summed E-state index contributed by atoms with van der Waals surface area (Å²) in [6, 6.07) is 10.8. The summed E-state index contributed by atoms with van der Waals surface area (Å²) in [6.45, 7) is 0. The molecule has 6 heteroatoms. The molecule has 1 aliphatic rings. The number of fused-ring (bicyclic) bond motifs is 1. The first kappa shape index (κ1) is 13.9. The molecule has 3 heterocycles. The van der Waals surface area contributed by atoms with Gasteiger partial charge >= 0.3 is 0 Å². The van der Waals surface area contributed by atoms with E-state index in [9.17, 15) is 0 Å². The van der Waals surface area contributed by atoms with Crippen LogP contribution < -0.4 is 0 Å². The van der Waals surface area contributed by atoms with Crippen molar-refractivity contribution in [1.82, 2.24) is 19.7 Å². The largest absolute Gasteiger partial charge is 0.333 e. The highest BCUT2D eigenvalue weighted by Crippen LogP contribution is 2.33. The molecule has 0 unspecified atom stereocenters. The molecule has 0 bridgehead atoms. The smallest absolute Gasteiger partial charge is 0.268 e. The van der Waals surface area contributed by atoms with Crippen LogP contribution in [-0.2, 0) is 0 Å². The van der Waals surface area contributed by atoms with E-state index in [1.165, 1.54) is 31.2 Å². The minimum Gasteiger partial charge on any atom is -0.333 e. The molecule has 0 saturated heterocycles. The van der Waals surface area contributed by atoms with Crippen LogP contribution in [0.1, 0.15) is 31.7 Å². The number of nitrogens with zero attached hydrogens (tertiary/aromatic N) is 4. The van der Waals surface area contributed by atoms with Crippen molar-refractivity contribution in [1.29, 1.82) is 0 Å². The van der Waals surface area contributed by atoms with E-state index in [0.717, 1.165) is 16.0 Å². The lowest BCUT2D eigenvalue weighted by Crippen LogP contribution is -2.02. The van der Waals surface area contributed by atoms with Crippen molar-refractivity contribution >= 4 is 22.4 Å². The van der Waals surface area contributed by atoms with Gasteiger partial charge in [-0.05, 0) is 42.5 Å². The summed E-state index contributed by atoms with van der Waals surface area (Å²) >= 11 is 1.59. The zero-order valence-corrected chi connectivity index (χ0v) is 13.9. The van der Waals surface area contributed by atoms with Gasteiger partial charge in [-0.1, -0.05) is 24.1 Å². The number of hydrogen-bond acceptors (Lipinski definition) is 5. The molecule has 5 rings (SSSR count). The Kier molecular flexibility index (Phi) is 3.23. The molecule has 4 aromatic rings. The molecular formula is C18H16N4OS. The van der Waals surface area contributed by atoms with Crippen molar-refractivity contribution < 1.29 is 4.52 Å². The van der Waals surface area contributed by atoms with Gasteiger partial charge in [0.1, 0.15) is 0 Å². The minimum atomic E-state index is 0.566. The van der Waals surface area contributed by atoms with Crippen LogP contribution in [0.3, 0.4) is 0 Å². The lowest BCUT2D eigenvalue weighted by Gasteiger charge is -2.11. The number of hydrogen-bond donors (Lipinski definition) is 0. The maximum absolute atomic E-state index is 5.39. The Labute approximate surface area is 143 Å². The zero-order valence-electron chi connectivity index (χ0n) is 13.1. The molecule has 0 amide bonds. The molecule has 0 aliphatic heterocycles. The first-order valence-corrected chi connectivity index (χ1v) is 9.11. The molecule has 1 aromatic carbocycles. The Hall–Kier alpha value is -2.47. The van der Waals surface area contributed by atoms with E-state index in [1.807, 2.05) is 29.9 Å². The third-order valence-electron chi connectivity index (χ3n) is 4.71. The SMILES string of the molecule is c1csc(-c2nc(-c3ccc4c(c3)ncn4C3CCCC3)no2)c1. The Morgan fingerprint density at radius 1 is 1.17 bits per heavy atom. The van der Waals surface area contributed by atoms with Crippen molar-refractivity contribution in [3.8, 4) is 22.2 Å². The van der Waals surface area contributed by atoms with Gasteiger partial charge in [0.25, 0.3) is 5.89 Å². The van der Waals surface area contributed by atoms with Crippen LogP contribution in [0.4, 0.5) is 0 Å². The average molecular weight is 336 g/mol. The topological polar surface area (TPSA) is 56.7 Å². The summed E-state index contributed by atoms with van der Waals surface area (Å²) < 4.78 is 7.70. The van der Waals surface area contributed by atoms with E-state index in [4.69, 9.17) is 4.52 Å². The number of benzene rings is 1. The summed E-state index contributed by atoms with van der Waals surface area (Å²) in [4.78, 5) is 10.1. The molecule has 1 fully saturated rings. The number of aromatic nitrogens is 4.